The van der Waals surface area contributed by atoms with Crippen LogP contribution in [0.4, 0.5) is 17.6 Å². The summed E-state index contributed by atoms with van der Waals surface area (Å²) in [5.41, 5.74) is 6.70. The van der Waals surface area contributed by atoms with Crippen molar-refractivity contribution in [3.63, 3.8) is 0 Å². The van der Waals surface area contributed by atoms with E-state index in [4.69, 9.17) is 10.5 Å². The van der Waals surface area contributed by atoms with Gasteiger partial charge in [0, 0.05) is 6.04 Å². The molecule has 1 unspecified atom stereocenters. The standard InChI is InChI=1S/C15H19F4NO/c1-21-13-7-4-10(8-12(13)16)14(20)9-2-5-11(6-3-9)15(17,18)19/h4,7-9,11,14H,2-3,5-6,20H2,1H3. The molecule has 1 aromatic rings. The van der Waals surface area contributed by atoms with Gasteiger partial charge in [-0.15, -0.1) is 0 Å². The molecule has 0 saturated heterocycles. The average Bonchev–Trinajstić information content (AvgIpc) is 2.45. The van der Waals surface area contributed by atoms with Crippen LogP contribution in [-0.4, -0.2) is 13.3 Å². The van der Waals surface area contributed by atoms with Crippen LogP contribution >= 0.6 is 0 Å². The maximum Gasteiger partial charge on any atom is 0.391 e. The molecule has 6 heteroatoms. The van der Waals surface area contributed by atoms with E-state index in [0.29, 0.717) is 18.4 Å². The lowest BCUT2D eigenvalue weighted by atomic mass is 9.77. The lowest BCUT2D eigenvalue weighted by molar-refractivity contribution is -0.184. The first-order valence-electron chi connectivity index (χ1n) is 6.98. The van der Waals surface area contributed by atoms with E-state index >= 15 is 0 Å². The summed E-state index contributed by atoms with van der Waals surface area (Å²) in [6.45, 7) is 0. The summed E-state index contributed by atoms with van der Waals surface area (Å²) >= 11 is 0. The normalized spacial score (nSPS) is 24.7. The highest BCUT2D eigenvalue weighted by molar-refractivity contribution is 5.31. The minimum absolute atomic E-state index is 0.0450. The molecule has 1 aliphatic carbocycles. The van der Waals surface area contributed by atoms with Gasteiger partial charge in [0.15, 0.2) is 11.6 Å². The van der Waals surface area contributed by atoms with Crippen molar-refractivity contribution in [2.24, 2.45) is 17.6 Å². The van der Waals surface area contributed by atoms with Gasteiger partial charge in [0.25, 0.3) is 0 Å². The van der Waals surface area contributed by atoms with Crippen molar-refractivity contribution in [3.8, 4) is 5.75 Å². The van der Waals surface area contributed by atoms with Crippen LogP contribution in [0.15, 0.2) is 18.2 Å². The van der Waals surface area contributed by atoms with Crippen molar-refractivity contribution in [3.05, 3.63) is 29.6 Å². The van der Waals surface area contributed by atoms with Gasteiger partial charge in [0.1, 0.15) is 0 Å². The van der Waals surface area contributed by atoms with Gasteiger partial charge in [-0.25, -0.2) is 4.39 Å². The summed E-state index contributed by atoms with van der Waals surface area (Å²) in [4.78, 5) is 0. The zero-order valence-electron chi connectivity index (χ0n) is 11.8. The van der Waals surface area contributed by atoms with E-state index in [0.717, 1.165) is 0 Å². The lowest BCUT2D eigenvalue weighted by Crippen LogP contribution is -2.31. The Labute approximate surface area is 121 Å². The Morgan fingerprint density at radius 3 is 2.29 bits per heavy atom. The molecule has 0 heterocycles. The number of alkyl halides is 3. The van der Waals surface area contributed by atoms with Gasteiger partial charge in [-0.1, -0.05) is 6.07 Å². The summed E-state index contributed by atoms with van der Waals surface area (Å²) in [6.07, 6.45) is -3.10. The van der Waals surface area contributed by atoms with Crippen molar-refractivity contribution in [1.82, 2.24) is 0 Å². The summed E-state index contributed by atoms with van der Waals surface area (Å²) in [6, 6.07) is 4.02. The summed E-state index contributed by atoms with van der Waals surface area (Å²) < 4.78 is 56.4. The number of halogens is 4. The predicted molar refractivity (Wildman–Crippen MR) is 71.4 cm³/mol. The Kier molecular flexibility index (Phi) is 4.76. The Bertz CT molecular complexity index is 481. The molecule has 2 nitrogen and oxygen atoms in total. The molecule has 118 valence electrons. The Morgan fingerprint density at radius 2 is 1.81 bits per heavy atom. The second kappa shape index (κ2) is 6.22. The molecule has 1 atom stereocenters. The second-order valence-electron chi connectivity index (χ2n) is 5.57. The van der Waals surface area contributed by atoms with E-state index in [1.807, 2.05) is 0 Å². The van der Waals surface area contributed by atoms with Crippen LogP contribution in [0.1, 0.15) is 37.3 Å². The Balaban J connectivity index is 2.02. The van der Waals surface area contributed by atoms with Crippen molar-refractivity contribution in [2.75, 3.05) is 7.11 Å². The molecule has 0 aliphatic heterocycles. The first-order valence-corrected chi connectivity index (χ1v) is 6.98. The number of nitrogens with two attached hydrogens (primary N) is 1. The lowest BCUT2D eigenvalue weighted by Gasteiger charge is -2.33. The number of hydrogen-bond donors (Lipinski definition) is 1. The fourth-order valence-electron chi connectivity index (χ4n) is 2.97. The number of ether oxygens (including phenoxy) is 1. The molecule has 21 heavy (non-hydrogen) atoms. The first-order chi connectivity index (χ1) is 9.82. The molecule has 1 fully saturated rings. The maximum atomic E-state index is 13.7. The van der Waals surface area contributed by atoms with Crippen LogP contribution in [0.25, 0.3) is 0 Å². The third kappa shape index (κ3) is 3.67. The van der Waals surface area contributed by atoms with Gasteiger partial charge in [0.05, 0.1) is 13.0 Å². The molecule has 1 saturated carbocycles. The first kappa shape index (κ1) is 16.1. The Hall–Kier alpha value is -1.30. The number of hydrogen-bond acceptors (Lipinski definition) is 2. The Morgan fingerprint density at radius 1 is 1.19 bits per heavy atom. The van der Waals surface area contributed by atoms with Crippen LogP contribution in [0, 0.1) is 17.7 Å². The number of rotatable bonds is 3. The monoisotopic (exact) mass is 305 g/mol. The molecule has 2 N–H and O–H groups in total. The zero-order valence-corrected chi connectivity index (χ0v) is 11.8. The average molecular weight is 305 g/mol. The van der Waals surface area contributed by atoms with Gasteiger partial charge >= 0.3 is 6.18 Å². The van der Waals surface area contributed by atoms with Gasteiger partial charge in [-0.05, 0) is 49.3 Å². The van der Waals surface area contributed by atoms with Crippen LogP contribution in [0.3, 0.4) is 0 Å². The fraction of sp³-hybridized carbons (Fsp3) is 0.600. The molecule has 0 spiro atoms. The topological polar surface area (TPSA) is 35.2 Å². The fourth-order valence-corrected chi connectivity index (χ4v) is 2.97. The van der Waals surface area contributed by atoms with Gasteiger partial charge in [-0.2, -0.15) is 13.2 Å². The molecule has 0 aromatic heterocycles. The third-order valence-corrected chi connectivity index (χ3v) is 4.30. The number of methoxy groups -OCH3 is 1. The molecular formula is C15H19F4NO. The number of benzene rings is 1. The van der Waals surface area contributed by atoms with Crippen molar-refractivity contribution >= 4 is 0 Å². The summed E-state index contributed by atoms with van der Waals surface area (Å²) in [7, 11) is 1.37. The molecule has 2 rings (SSSR count). The highest BCUT2D eigenvalue weighted by Gasteiger charge is 2.42. The van der Waals surface area contributed by atoms with Crippen LogP contribution in [-0.2, 0) is 0 Å². The van der Waals surface area contributed by atoms with E-state index in [1.165, 1.54) is 19.2 Å². The van der Waals surface area contributed by atoms with E-state index in [2.05, 4.69) is 0 Å². The second-order valence-corrected chi connectivity index (χ2v) is 5.57. The van der Waals surface area contributed by atoms with E-state index < -0.39 is 24.0 Å². The van der Waals surface area contributed by atoms with Crippen LogP contribution in [0.5, 0.6) is 5.75 Å². The van der Waals surface area contributed by atoms with Crippen molar-refractivity contribution in [2.45, 2.75) is 37.9 Å². The summed E-state index contributed by atoms with van der Waals surface area (Å²) in [5, 5.41) is 0. The molecular weight excluding hydrogens is 286 g/mol. The molecule has 1 aliphatic rings. The molecule has 0 radical (unpaired) electrons. The molecule has 0 amide bonds. The maximum absolute atomic E-state index is 13.7. The van der Waals surface area contributed by atoms with E-state index in [1.54, 1.807) is 6.07 Å². The van der Waals surface area contributed by atoms with Gasteiger partial charge in [0.2, 0.25) is 0 Å². The van der Waals surface area contributed by atoms with E-state index in [9.17, 15) is 17.6 Å². The highest BCUT2D eigenvalue weighted by Crippen LogP contribution is 2.42. The molecule has 1 aromatic carbocycles. The minimum Gasteiger partial charge on any atom is -0.494 e. The zero-order chi connectivity index (χ0) is 15.6. The molecule has 0 bridgehead atoms. The summed E-state index contributed by atoms with van der Waals surface area (Å²) in [5.74, 6) is -1.65. The van der Waals surface area contributed by atoms with Gasteiger partial charge < -0.3 is 10.5 Å². The SMILES string of the molecule is COc1ccc(C(N)C2CCC(C(F)(F)F)CC2)cc1F. The van der Waals surface area contributed by atoms with Crippen LogP contribution < -0.4 is 10.5 Å². The third-order valence-electron chi connectivity index (χ3n) is 4.30. The van der Waals surface area contributed by atoms with Crippen LogP contribution in [0.2, 0.25) is 0 Å². The largest absolute Gasteiger partial charge is 0.494 e. The van der Waals surface area contributed by atoms with E-state index in [-0.39, 0.29) is 24.5 Å². The van der Waals surface area contributed by atoms with Gasteiger partial charge in [-0.3, -0.25) is 0 Å². The smallest absolute Gasteiger partial charge is 0.391 e. The quantitative estimate of drug-likeness (QED) is 0.849. The van der Waals surface area contributed by atoms with Crippen molar-refractivity contribution < 1.29 is 22.3 Å². The minimum atomic E-state index is -4.12. The predicted octanol–water partition coefficient (Wildman–Crippen LogP) is 4.20. The highest BCUT2D eigenvalue weighted by atomic mass is 19.4. The van der Waals surface area contributed by atoms with Crippen molar-refractivity contribution in [1.29, 1.82) is 0 Å².